The molecule has 0 unspecified atom stereocenters. The third-order valence-corrected chi connectivity index (χ3v) is 0.257. The second-order valence-corrected chi connectivity index (χ2v) is 0.696. The monoisotopic (exact) mass is 72.0 g/mol. The molecule has 5 heavy (non-hydrogen) atoms. The lowest BCUT2D eigenvalue weighted by Gasteiger charge is -1.60. The first-order chi connectivity index (χ1) is 2.41. The van der Waals surface area contributed by atoms with Crippen molar-refractivity contribution in [2.45, 2.75) is 13.3 Å². The van der Waals surface area contributed by atoms with Gasteiger partial charge in [0, 0.05) is 6.21 Å². The molecule has 0 spiro atoms. The van der Waals surface area contributed by atoms with Gasteiger partial charge in [-0.25, -0.2) is 0 Å². The van der Waals surface area contributed by atoms with E-state index in [-0.39, 0.29) is 0 Å². The lowest BCUT2D eigenvalue weighted by molar-refractivity contribution is 0.210. The molecule has 0 aliphatic rings. The predicted molar refractivity (Wildman–Crippen MR) is 19.5 cm³/mol. The van der Waals surface area contributed by atoms with Gasteiger partial charge in [-0.05, 0) is 11.6 Å². The summed E-state index contributed by atoms with van der Waals surface area (Å²) in [6.45, 7) is 1.86. The van der Waals surface area contributed by atoms with Crippen LogP contribution in [0.1, 0.15) is 13.3 Å². The average Bonchev–Trinajstić information content (AvgIpc) is 1.41. The molecule has 0 aromatic rings. The highest BCUT2D eigenvalue weighted by Crippen LogP contribution is 1.61. The molecular formula is C3H6NO. The fourth-order valence-electron chi connectivity index (χ4n) is 0.0745. The minimum atomic E-state index is 0.740. The summed E-state index contributed by atoms with van der Waals surface area (Å²) in [4.78, 5) is 0. The van der Waals surface area contributed by atoms with E-state index in [1.54, 1.807) is 0 Å². The van der Waals surface area contributed by atoms with Crippen molar-refractivity contribution in [2.75, 3.05) is 0 Å². The standard InChI is InChI=1S/C3H6NO/c1-2-3-4-5/h3H,2H2,1H3. The minimum Gasteiger partial charge on any atom is -0.146 e. The highest BCUT2D eigenvalue weighted by molar-refractivity contribution is 5.55. The van der Waals surface area contributed by atoms with E-state index in [1.807, 2.05) is 6.92 Å². The molecule has 0 rings (SSSR count). The van der Waals surface area contributed by atoms with Gasteiger partial charge in [0.2, 0.25) is 0 Å². The summed E-state index contributed by atoms with van der Waals surface area (Å²) in [5.41, 5.74) is 0. The van der Waals surface area contributed by atoms with Crippen LogP contribution in [0.25, 0.3) is 0 Å². The fraction of sp³-hybridized carbons (Fsp3) is 0.667. The molecule has 1 radical (unpaired) electrons. The second kappa shape index (κ2) is 3.47. The van der Waals surface area contributed by atoms with Crippen molar-refractivity contribution in [3.05, 3.63) is 0 Å². The quantitative estimate of drug-likeness (QED) is 0.324. The number of rotatable bonds is 1. The Hall–Kier alpha value is -0.530. The van der Waals surface area contributed by atoms with E-state index >= 15 is 0 Å². The van der Waals surface area contributed by atoms with Crippen LogP contribution in [0, 0.1) is 0 Å². The SMILES string of the molecule is CCC=N[O]. The maximum absolute atomic E-state index is 9.10. The van der Waals surface area contributed by atoms with Gasteiger partial charge in [0.25, 0.3) is 0 Å². The zero-order valence-electron chi connectivity index (χ0n) is 3.14. The van der Waals surface area contributed by atoms with Crippen LogP contribution in [0.3, 0.4) is 0 Å². The predicted octanol–water partition coefficient (Wildman–Crippen LogP) is 0.813. The molecule has 0 aromatic heterocycles. The molecule has 0 bridgehead atoms. The topological polar surface area (TPSA) is 32.3 Å². The molecule has 0 aromatic carbocycles. The van der Waals surface area contributed by atoms with E-state index in [1.165, 1.54) is 6.21 Å². The lowest BCUT2D eigenvalue weighted by Crippen LogP contribution is -1.59. The van der Waals surface area contributed by atoms with Crippen molar-refractivity contribution in [1.29, 1.82) is 0 Å². The Balaban J connectivity index is 2.62. The van der Waals surface area contributed by atoms with Crippen LogP contribution in [0.2, 0.25) is 0 Å². The molecule has 0 heterocycles. The first-order valence-electron chi connectivity index (χ1n) is 1.56. The van der Waals surface area contributed by atoms with Crippen molar-refractivity contribution in [1.82, 2.24) is 0 Å². The third-order valence-electron chi connectivity index (χ3n) is 0.257. The van der Waals surface area contributed by atoms with Crippen LogP contribution < -0.4 is 0 Å². The maximum Gasteiger partial charge on any atom is 0.0486 e. The zero-order valence-corrected chi connectivity index (χ0v) is 3.14. The lowest BCUT2D eigenvalue weighted by atomic mass is 10.6. The normalized spacial score (nSPS) is 9.80. The molecule has 0 aliphatic carbocycles. The molecule has 2 heteroatoms. The van der Waals surface area contributed by atoms with Crippen molar-refractivity contribution in [3.8, 4) is 0 Å². The van der Waals surface area contributed by atoms with Crippen molar-refractivity contribution in [2.24, 2.45) is 5.16 Å². The number of hydrogen-bond donors (Lipinski definition) is 0. The molecule has 2 nitrogen and oxygen atoms in total. The van der Waals surface area contributed by atoms with Crippen LogP contribution in [0.4, 0.5) is 0 Å². The van der Waals surface area contributed by atoms with Gasteiger partial charge in [-0.3, -0.25) is 0 Å². The molecule has 0 fully saturated rings. The number of nitrogens with zero attached hydrogens (tertiary/aromatic N) is 1. The smallest absolute Gasteiger partial charge is 0.0486 e. The van der Waals surface area contributed by atoms with Gasteiger partial charge >= 0.3 is 0 Å². The molecule has 0 atom stereocenters. The summed E-state index contributed by atoms with van der Waals surface area (Å²) < 4.78 is 0. The Labute approximate surface area is 31.1 Å². The van der Waals surface area contributed by atoms with Crippen molar-refractivity contribution < 1.29 is 5.21 Å². The largest absolute Gasteiger partial charge is 0.146 e. The van der Waals surface area contributed by atoms with Gasteiger partial charge in [0.05, 0.1) is 0 Å². The van der Waals surface area contributed by atoms with Crippen LogP contribution in [-0.2, 0) is 5.21 Å². The van der Waals surface area contributed by atoms with E-state index in [9.17, 15) is 0 Å². The van der Waals surface area contributed by atoms with Crippen LogP contribution in [0.15, 0.2) is 5.16 Å². The van der Waals surface area contributed by atoms with Gasteiger partial charge in [-0.15, -0.1) is 5.21 Å². The van der Waals surface area contributed by atoms with E-state index in [4.69, 9.17) is 5.21 Å². The van der Waals surface area contributed by atoms with E-state index in [0.29, 0.717) is 0 Å². The van der Waals surface area contributed by atoms with Gasteiger partial charge in [-0.2, -0.15) is 0 Å². The van der Waals surface area contributed by atoms with Crippen molar-refractivity contribution >= 4 is 6.21 Å². The highest BCUT2D eigenvalue weighted by atomic mass is 16.4. The van der Waals surface area contributed by atoms with Crippen LogP contribution >= 0.6 is 0 Å². The molecular weight excluding hydrogens is 66.0 g/mol. The summed E-state index contributed by atoms with van der Waals surface area (Å²) in [5, 5.41) is 11.6. The van der Waals surface area contributed by atoms with Gasteiger partial charge in [0.1, 0.15) is 0 Å². The average molecular weight is 72.1 g/mol. The third kappa shape index (κ3) is 3.47. The van der Waals surface area contributed by atoms with E-state index < -0.39 is 0 Å². The molecule has 0 amide bonds. The van der Waals surface area contributed by atoms with Gasteiger partial charge in [0.15, 0.2) is 0 Å². The van der Waals surface area contributed by atoms with Crippen LogP contribution in [-0.4, -0.2) is 6.21 Å². The Morgan fingerprint density at radius 3 is 2.60 bits per heavy atom. The molecule has 0 aliphatic heterocycles. The van der Waals surface area contributed by atoms with Crippen LogP contribution in [0.5, 0.6) is 0 Å². The Morgan fingerprint density at radius 1 is 2.00 bits per heavy atom. The van der Waals surface area contributed by atoms with Gasteiger partial charge in [-0.1, -0.05) is 6.92 Å². The summed E-state index contributed by atoms with van der Waals surface area (Å²) in [5.74, 6) is 0. The minimum absolute atomic E-state index is 0.740. The van der Waals surface area contributed by atoms with Crippen molar-refractivity contribution in [3.63, 3.8) is 0 Å². The Morgan fingerprint density at radius 2 is 2.60 bits per heavy atom. The zero-order chi connectivity index (χ0) is 4.12. The van der Waals surface area contributed by atoms with E-state index in [0.717, 1.165) is 6.42 Å². The first-order valence-corrected chi connectivity index (χ1v) is 1.56. The Bertz CT molecular complexity index is 33.9. The summed E-state index contributed by atoms with van der Waals surface area (Å²) >= 11 is 0. The fourth-order valence-corrected chi connectivity index (χ4v) is 0.0745. The Kier molecular flexibility index (Phi) is 3.10. The summed E-state index contributed by atoms with van der Waals surface area (Å²) in [7, 11) is 0. The summed E-state index contributed by atoms with van der Waals surface area (Å²) in [6, 6.07) is 0. The van der Waals surface area contributed by atoms with Gasteiger partial charge < -0.3 is 0 Å². The van der Waals surface area contributed by atoms with E-state index in [2.05, 4.69) is 5.16 Å². The molecule has 0 saturated carbocycles. The highest BCUT2D eigenvalue weighted by Gasteiger charge is 1.57. The molecule has 0 saturated heterocycles. The molecule has 0 N–H and O–H groups in total. The first kappa shape index (κ1) is 4.47. The summed E-state index contributed by atoms with van der Waals surface area (Å²) in [6.07, 6.45) is 2.06. The number of hydrogen-bond acceptors (Lipinski definition) is 1. The maximum atomic E-state index is 9.10. The second-order valence-electron chi connectivity index (χ2n) is 0.696. The molecule has 29 valence electrons.